The number of carbonyl (C=O) groups excluding carboxylic acids is 1. The summed E-state index contributed by atoms with van der Waals surface area (Å²) in [5.41, 5.74) is 0.778. The molecule has 1 N–H and O–H groups in total. The first-order chi connectivity index (χ1) is 12.0. The minimum absolute atomic E-state index is 0.0671. The molecule has 2 saturated heterocycles. The zero-order valence-electron chi connectivity index (χ0n) is 14.4. The molecule has 1 amide bonds. The highest BCUT2D eigenvalue weighted by molar-refractivity contribution is 6.35. The summed E-state index contributed by atoms with van der Waals surface area (Å²) >= 11 is 12.5. The highest BCUT2D eigenvalue weighted by Crippen LogP contribution is 2.39. The minimum atomic E-state index is -0.420. The predicted octanol–water partition coefficient (Wildman–Crippen LogP) is 2.49. The summed E-state index contributed by atoms with van der Waals surface area (Å²) in [6.45, 7) is 3.86. The van der Waals surface area contributed by atoms with Crippen molar-refractivity contribution < 1.29 is 14.3 Å². The van der Waals surface area contributed by atoms with Crippen molar-refractivity contribution in [2.24, 2.45) is 0 Å². The maximum Gasteiger partial charge on any atom is 0.250 e. The van der Waals surface area contributed by atoms with Crippen molar-refractivity contribution in [1.29, 1.82) is 0 Å². The third kappa shape index (κ3) is 4.47. The van der Waals surface area contributed by atoms with Crippen LogP contribution in [0.3, 0.4) is 0 Å². The maximum atomic E-state index is 12.6. The van der Waals surface area contributed by atoms with Crippen LogP contribution in [0.1, 0.15) is 18.4 Å². The molecule has 5 nitrogen and oxygen atoms in total. The van der Waals surface area contributed by atoms with Gasteiger partial charge >= 0.3 is 0 Å². The average Bonchev–Trinajstić information content (AvgIpc) is 2.60. The molecule has 138 valence electrons. The molecule has 0 radical (unpaired) electrons. The van der Waals surface area contributed by atoms with Gasteiger partial charge in [-0.2, -0.15) is 0 Å². The molecule has 1 aromatic rings. The van der Waals surface area contributed by atoms with Crippen LogP contribution < -0.4 is 5.32 Å². The van der Waals surface area contributed by atoms with E-state index in [2.05, 4.69) is 10.2 Å². The molecule has 1 aromatic carbocycles. The third-order valence-corrected chi connectivity index (χ3v) is 5.66. The number of hydrogen-bond acceptors (Lipinski definition) is 4. The van der Waals surface area contributed by atoms with E-state index in [1.165, 1.54) is 0 Å². The average molecular weight is 387 g/mol. The lowest BCUT2D eigenvalue weighted by Gasteiger charge is -2.39. The Hall–Kier alpha value is -0.850. The number of amides is 1. The first kappa shape index (κ1) is 18.9. The van der Waals surface area contributed by atoms with Crippen LogP contribution in [0.5, 0.6) is 0 Å². The molecular weight excluding hydrogens is 363 g/mol. The van der Waals surface area contributed by atoms with E-state index in [1.54, 1.807) is 6.07 Å². The highest BCUT2D eigenvalue weighted by atomic mass is 35.5. The Labute approximate surface area is 158 Å². The van der Waals surface area contributed by atoms with Crippen LogP contribution in [0.25, 0.3) is 0 Å². The van der Waals surface area contributed by atoms with E-state index in [0.29, 0.717) is 43.0 Å². The van der Waals surface area contributed by atoms with Crippen molar-refractivity contribution in [1.82, 2.24) is 10.2 Å². The highest BCUT2D eigenvalue weighted by Gasteiger charge is 2.37. The largest absolute Gasteiger partial charge is 0.381 e. The summed E-state index contributed by atoms with van der Waals surface area (Å²) in [7, 11) is 2.00. The van der Waals surface area contributed by atoms with Gasteiger partial charge in [0.2, 0.25) is 0 Å². The van der Waals surface area contributed by atoms with E-state index >= 15 is 0 Å². The lowest BCUT2D eigenvalue weighted by atomic mass is 9.74. The summed E-state index contributed by atoms with van der Waals surface area (Å²) in [4.78, 5) is 14.7. The Morgan fingerprint density at radius 1 is 1.32 bits per heavy atom. The number of carbonyl (C=O) groups is 1. The molecule has 0 bridgehead atoms. The molecule has 2 heterocycles. The summed E-state index contributed by atoms with van der Waals surface area (Å²) in [5, 5.41) is 4.33. The van der Waals surface area contributed by atoms with Crippen molar-refractivity contribution >= 4 is 29.1 Å². The van der Waals surface area contributed by atoms with Crippen molar-refractivity contribution in [2.75, 3.05) is 46.5 Å². The molecule has 0 aromatic heterocycles. The number of nitrogens with one attached hydrogen (secondary N) is 1. The number of nitrogens with zero attached hydrogens (tertiary/aromatic N) is 1. The Bertz CT molecular complexity index is 620. The zero-order valence-corrected chi connectivity index (χ0v) is 15.9. The quantitative estimate of drug-likeness (QED) is 0.863. The smallest absolute Gasteiger partial charge is 0.250 e. The van der Waals surface area contributed by atoms with Gasteiger partial charge in [-0.05, 0) is 37.6 Å². The Kier molecular flexibility index (Phi) is 6.23. The number of halogens is 2. The summed E-state index contributed by atoms with van der Waals surface area (Å²) < 4.78 is 11.1. The van der Waals surface area contributed by atoms with Gasteiger partial charge in [0, 0.05) is 48.3 Å². The van der Waals surface area contributed by atoms with E-state index in [0.717, 1.165) is 24.9 Å². The normalized spacial score (nSPS) is 24.0. The first-order valence-corrected chi connectivity index (χ1v) is 9.37. The van der Waals surface area contributed by atoms with E-state index in [-0.39, 0.29) is 11.3 Å². The summed E-state index contributed by atoms with van der Waals surface area (Å²) in [5.74, 6) is -0.0671. The SMILES string of the molecule is CN1CCOC(C(=O)NCC2(c3ccc(Cl)cc3Cl)CCOCC2)C1. The van der Waals surface area contributed by atoms with Crippen LogP contribution in [0, 0.1) is 0 Å². The van der Waals surface area contributed by atoms with Crippen LogP contribution in [0.4, 0.5) is 0 Å². The van der Waals surface area contributed by atoms with Gasteiger partial charge in [0.25, 0.3) is 5.91 Å². The van der Waals surface area contributed by atoms with Gasteiger partial charge in [-0.25, -0.2) is 0 Å². The molecule has 1 unspecified atom stereocenters. The van der Waals surface area contributed by atoms with Crippen LogP contribution >= 0.6 is 23.2 Å². The van der Waals surface area contributed by atoms with Crippen LogP contribution in [-0.4, -0.2) is 63.4 Å². The van der Waals surface area contributed by atoms with Gasteiger partial charge in [-0.3, -0.25) is 4.79 Å². The Balaban J connectivity index is 1.73. The molecule has 2 fully saturated rings. The second-order valence-corrected chi connectivity index (χ2v) is 7.70. The molecule has 25 heavy (non-hydrogen) atoms. The number of morpholine rings is 1. The molecule has 2 aliphatic rings. The molecule has 2 aliphatic heterocycles. The topological polar surface area (TPSA) is 50.8 Å². The van der Waals surface area contributed by atoms with Gasteiger partial charge in [0.05, 0.1) is 6.61 Å². The number of likely N-dealkylation sites (N-methyl/N-ethyl adjacent to an activating group) is 1. The molecule has 0 saturated carbocycles. The Morgan fingerprint density at radius 2 is 2.08 bits per heavy atom. The summed E-state index contributed by atoms with van der Waals surface area (Å²) in [6, 6.07) is 5.57. The van der Waals surface area contributed by atoms with Crippen LogP contribution in [0.15, 0.2) is 18.2 Å². The molecule has 0 spiro atoms. The lowest BCUT2D eigenvalue weighted by Crippen LogP contribution is -2.52. The number of ether oxygens (including phenoxy) is 2. The van der Waals surface area contributed by atoms with Crippen molar-refractivity contribution in [3.63, 3.8) is 0 Å². The van der Waals surface area contributed by atoms with Crippen molar-refractivity contribution in [3.05, 3.63) is 33.8 Å². The van der Waals surface area contributed by atoms with Gasteiger partial charge in [-0.15, -0.1) is 0 Å². The maximum absolute atomic E-state index is 12.6. The van der Waals surface area contributed by atoms with Gasteiger partial charge in [0.1, 0.15) is 6.10 Å². The van der Waals surface area contributed by atoms with E-state index in [9.17, 15) is 4.79 Å². The fourth-order valence-corrected chi connectivity index (χ4v) is 4.14. The van der Waals surface area contributed by atoms with Gasteiger partial charge in [-0.1, -0.05) is 29.3 Å². The van der Waals surface area contributed by atoms with Crippen LogP contribution in [0.2, 0.25) is 10.0 Å². The molecule has 0 aliphatic carbocycles. The number of benzene rings is 1. The van der Waals surface area contributed by atoms with E-state index in [1.807, 2.05) is 19.2 Å². The zero-order chi connectivity index (χ0) is 17.9. The second-order valence-electron chi connectivity index (χ2n) is 6.86. The van der Waals surface area contributed by atoms with Gasteiger partial charge < -0.3 is 19.7 Å². The van der Waals surface area contributed by atoms with Crippen molar-refractivity contribution in [3.8, 4) is 0 Å². The fraction of sp³-hybridized carbons (Fsp3) is 0.611. The van der Waals surface area contributed by atoms with Crippen LogP contribution in [-0.2, 0) is 19.7 Å². The second kappa shape index (κ2) is 8.23. The number of rotatable bonds is 4. The van der Waals surface area contributed by atoms with Crippen molar-refractivity contribution in [2.45, 2.75) is 24.4 Å². The lowest BCUT2D eigenvalue weighted by molar-refractivity contribution is -0.138. The monoisotopic (exact) mass is 386 g/mol. The third-order valence-electron chi connectivity index (χ3n) is 5.12. The van der Waals surface area contributed by atoms with Gasteiger partial charge in [0.15, 0.2) is 0 Å². The molecule has 1 atom stereocenters. The molecule has 7 heteroatoms. The Morgan fingerprint density at radius 3 is 2.76 bits per heavy atom. The van der Waals surface area contributed by atoms with E-state index in [4.69, 9.17) is 32.7 Å². The first-order valence-electron chi connectivity index (χ1n) is 8.61. The molecular formula is C18H24Cl2N2O3. The fourth-order valence-electron chi connectivity index (χ4n) is 3.53. The number of hydrogen-bond donors (Lipinski definition) is 1. The molecule has 3 rings (SSSR count). The summed E-state index contributed by atoms with van der Waals surface area (Å²) in [6.07, 6.45) is 1.19. The predicted molar refractivity (Wildman–Crippen MR) is 98.4 cm³/mol. The minimum Gasteiger partial charge on any atom is -0.381 e. The van der Waals surface area contributed by atoms with E-state index < -0.39 is 6.10 Å². The standard InChI is InChI=1S/C18H24Cl2N2O3/c1-22-6-9-25-16(11-22)17(23)21-12-18(4-7-24-8-5-18)14-3-2-13(19)10-15(14)20/h2-3,10,16H,4-9,11-12H2,1H3,(H,21,23).